The second kappa shape index (κ2) is 3.39. The quantitative estimate of drug-likeness (QED) is 0.698. The fourth-order valence-electron chi connectivity index (χ4n) is 1.18. The first-order chi connectivity index (χ1) is 6.34. The topological polar surface area (TPSA) is 38.9 Å². The lowest BCUT2D eigenvalue weighted by Gasteiger charge is -1.94. The van der Waals surface area contributed by atoms with Gasteiger partial charge < -0.3 is 4.42 Å². The van der Waals surface area contributed by atoms with E-state index in [1.165, 1.54) is 0 Å². The van der Waals surface area contributed by atoms with Gasteiger partial charge in [-0.15, -0.1) is 0 Å². The van der Waals surface area contributed by atoms with Crippen LogP contribution in [0.25, 0.3) is 0 Å². The fraction of sp³-hybridized carbons (Fsp3) is 0.200. The molecule has 0 aliphatic rings. The van der Waals surface area contributed by atoms with Crippen LogP contribution in [0.5, 0.6) is 0 Å². The molecule has 2 heterocycles. The third-order valence-electron chi connectivity index (χ3n) is 1.77. The standard InChI is InChI=1S/C10H10N2O/c1-8-2-3-10(13-8)6-9-7-11-4-5-12-9/h2-5,7H,6H2,1H3. The van der Waals surface area contributed by atoms with E-state index in [0.717, 1.165) is 17.2 Å². The lowest BCUT2D eigenvalue weighted by molar-refractivity contribution is 0.491. The Balaban J connectivity index is 2.15. The maximum Gasteiger partial charge on any atom is 0.110 e. The molecule has 0 fully saturated rings. The number of aryl methyl sites for hydroxylation is 1. The minimum atomic E-state index is 0.710. The third-order valence-corrected chi connectivity index (χ3v) is 1.77. The first-order valence-corrected chi connectivity index (χ1v) is 4.15. The van der Waals surface area contributed by atoms with Crippen LogP contribution in [0.15, 0.2) is 35.1 Å². The molecule has 2 aromatic rings. The molecule has 0 aliphatic heterocycles. The van der Waals surface area contributed by atoms with E-state index >= 15 is 0 Å². The number of aromatic nitrogens is 2. The second-order valence-electron chi connectivity index (χ2n) is 2.89. The van der Waals surface area contributed by atoms with Gasteiger partial charge in [-0.3, -0.25) is 9.97 Å². The molecule has 2 aromatic heterocycles. The van der Waals surface area contributed by atoms with Crippen molar-refractivity contribution in [2.45, 2.75) is 13.3 Å². The summed E-state index contributed by atoms with van der Waals surface area (Å²) in [6.45, 7) is 1.93. The first-order valence-electron chi connectivity index (χ1n) is 4.15. The molecule has 0 saturated carbocycles. The molecule has 0 unspecified atom stereocenters. The molecule has 0 spiro atoms. The molecule has 0 bridgehead atoms. The maximum atomic E-state index is 5.42. The van der Waals surface area contributed by atoms with Crippen molar-refractivity contribution >= 4 is 0 Å². The lowest BCUT2D eigenvalue weighted by Crippen LogP contribution is -1.90. The fourth-order valence-corrected chi connectivity index (χ4v) is 1.18. The van der Waals surface area contributed by atoms with E-state index in [4.69, 9.17) is 4.42 Å². The van der Waals surface area contributed by atoms with Gasteiger partial charge in [-0.05, 0) is 19.1 Å². The van der Waals surface area contributed by atoms with Crippen LogP contribution in [0.2, 0.25) is 0 Å². The van der Waals surface area contributed by atoms with E-state index in [9.17, 15) is 0 Å². The average molecular weight is 174 g/mol. The van der Waals surface area contributed by atoms with Crippen LogP contribution in [0.1, 0.15) is 17.2 Å². The van der Waals surface area contributed by atoms with Crippen molar-refractivity contribution < 1.29 is 4.42 Å². The van der Waals surface area contributed by atoms with E-state index in [1.807, 2.05) is 19.1 Å². The molecular formula is C10H10N2O. The number of nitrogens with zero attached hydrogens (tertiary/aromatic N) is 2. The molecule has 0 amide bonds. The Morgan fingerprint density at radius 3 is 2.85 bits per heavy atom. The van der Waals surface area contributed by atoms with Crippen LogP contribution in [-0.4, -0.2) is 9.97 Å². The molecule has 0 saturated heterocycles. The van der Waals surface area contributed by atoms with Gasteiger partial charge >= 0.3 is 0 Å². The van der Waals surface area contributed by atoms with Gasteiger partial charge in [-0.2, -0.15) is 0 Å². The van der Waals surface area contributed by atoms with Crippen LogP contribution < -0.4 is 0 Å². The summed E-state index contributed by atoms with van der Waals surface area (Å²) in [6.07, 6.45) is 5.81. The Hall–Kier alpha value is -1.64. The Morgan fingerprint density at radius 2 is 2.23 bits per heavy atom. The van der Waals surface area contributed by atoms with E-state index in [2.05, 4.69) is 9.97 Å². The summed E-state index contributed by atoms with van der Waals surface area (Å²) < 4.78 is 5.42. The average Bonchev–Trinajstić information content (AvgIpc) is 2.53. The van der Waals surface area contributed by atoms with E-state index < -0.39 is 0 Å². The minimum absolute atomic E-state index is 0.710. The molecule has 13 heavy (non-hydrogen) atoms. The minimum Gasteiger partial charge on any atom is -0.466 e. The predicted octanol–water partition coefficient (Wildman–Crippen LogP) is 1.97. The van der Waals surface area contributed by atoms with Gasteiger partial charge in [0.15, 0.2) is 0 Å². The predicted molar refractivity (Wildman–Crippen MR) is 48.3 cm³/mol. The highest BCUT2D eigenvalue weighted by Crippen LogP contribution is 2.09. The Morgan fingerprint density at radius 1 is 1.31 bits per heavy atom. The number of hydrogen-bond acceptors (Lipinski definition) is 3. The van der Waals surface area contributed by atoms with E-state index in [1.54, 1.807) is 18.6 Å². The van der Waals surface area contributed by atoms with Gasteiger partial charge in [-0.1, -0.05) is 0 Å². The van der Waals surface area contributed by atoms with Crippen LogP contribution in [0.4, 0.5) is 0 Å². The second-order valence-corrected chi connectivity index (χ2v) is 2.89. The smallest absolute Gasteiger partial charge is 0.110 e. The zero-order valence-electron chi connectivity index (χ0n) is 7.40. The number of furan rings is 1. The SMILES string of the molecule is Cc1ccc(Cc2cnccn2)o1. The summed E-state index contributed by atoms with van der Waals surface area (Å²) in [5.41, 5.74) is 0.928. The van der Waals surface area contributed by atoms with E-state index in [0.29, 0.717) is 6.42 Å². The molecule has 0 aliphatic carbocycles. The van der Waals surface area contributed by atoms with Gasteiger partial charge in [0.1, 0.15) is 11.5 Å². The highest BCUT2D eigenvalue weighted by atomic mass is 16.3. The molecular weight excluding hydrogens is 164 g/mol. The van der Waals surface area contributed by atoms with Gasteiger partial charge in [0.25, 0.3) is 0 Å². The molecule has 0 N–H and O–H groups in total. The maximum absolute atomic E-state index is 5.42. The van der Waals surface area contributed by atoms with Crippen LogP contribution in [0, 0.1) is 6.92 Å². The Kier molecular flexibility index (Phi) is 2.08. The zero-order chi connectivity index (χ0) is 9.10. The highest BCUT2D eigenvalue weighted by Gasteiger charge is 2.00. The zero-order valence-corrected chi connectivity index (χ0v) is 7.40. The Bertz CT molecular complexity index is 381. The largest absolute Gasteiger partial charge is 0.466 e. The summed E-state index contributed by atoms with van der Waals surface area (Å²) in [4.78, 5) is 8.14. The van der Waals surface area contributed by atoms with Crippen molar-refractivity contribution in [2.24, 2.45) is 0 Å². The summed E-state index contributed by atoms with van der Waals surface area (Å²) in [7, 11) is 0. The van der Waals surface area contributed by atoms with Crippen molar-refractivity contribution in [1.82, 2.24) is 9.97 Å². The van der Waals surface area contributed by atoms with Crippen LogP contribution in [0.3, 0.4) is 0 Å². The Labute approximate surface area is 76.5 Å². The highest BCUT2D eigenvalue weighted by molar-refractivity contribution is 5.12. The van der Waals surface area contributed by atoms with Crippen molar-refractivity contribution in [3.8, 4) is 0 Å². The monoisotopic (exact) mass is 174 g/mol. The van der Waals surface area contributed by atoms with Gasteiger partial charge in [-0.25, -0.2) is 0 Å². The molecule has 0 radical (unpaired) electrons. The number of rotatable bonds is 2. The van der Waals surface area contributed by atoms with Crippen molar-refractivity contribution in [3.05, 3.63) is 47.9 Å². The molecule has 0 atom stereocenters. The molecule has 3 nitrogen and oxygen atoms in total. The molecule has 2 rings (SSSR count). The molecule has 3 heteroatoms. The third kappa shape index (κ3) is 1.93. The summed E-state index contributed by atoms with van der Waals surface area (Å²) in [5.74, 6) is 1.86. The van der Waals surface area contributed by atoms with Crippen molar-refractivity contribution in [2.75, 3.05) is 0 Å². The van der Waals surface area contributed by atoms with E-state index in [-0.39, 0.29) is 0 Å². The van der Waals surface area contributed by atoms with Gasteiger partial charge in [0, 0.05) is 25.0 Å². The summed E-state index contributed by atoms with van der Waals surface area (Å²) >= 11 is 0. The number of hydrogen-bond donors (Lipinski definition) is 0. The van der Waals surface area contributed by atoms with Crippen molar-refractivity contribution in [3.63, 3.8) is 0 Å². The normalized spacial score (nSPS) is 10.2. The van der Waals surface area contributed by atoms with Crippen LogP contribution in [-0.2, 0) is 6.42 Å². The van der Waals surface area contributed by atoms with Gasteiger partial charge in [0.05, 0.1) is 5.69 Å². The first kappa shape index (κ1) is 7.98. The van der Waals surface area contributed by atoms with Crippen molar-refractivity contribution in [1.29, 1.82) is 0 Å². The summed E-state index contributed by atoms with van der Waals surface area (Å²) in [5, 5.41) is 0. The lowest BCUT2D eigenvalue weighted by atomic mass is 10.2. The van der Waals surface area contributed by atoms with Gasteiger partial charge in [0.2, 0.25) is 0 Å². The molecule has 0 aromatic carbocycles. The summed E-state index contributed by atoms with van der Waals surface area (Å²) in [6, 6.07) is 3.91. The molecule has 66 valence electrons. The van der Waals surface area contributed by atoms with Crippen LogP contribution >= 0.6 is 0 Å².